The lowest BCUT2D eigenvalue weighted by Crippen LogP contribution is -2.50. The summed E-state index contributed by atoms with van der Waals surface area (Å²) < 4.78 is 16.0. The molecular weight excluding hydrogens is 395 g/mol. The molecule has 1 aromatic heterocycles. The van der Waals surface area contributed by atoms with Crippen LogP contribution in [0.2, 0.25) is 0 Å². The maximum absolute atomic E-state index is 14.1. The lowest BCUT2D eigenvalue weighted by Gasteiger charge is -2.34. The number of hydrogen-bond donors (Lipinski definition) is 1. The van der Waals surface area contributed by atoms with E-state index in [1.807, 2.05) is 48.9 Å². The molecule has 1 atom stereocenters. The molecule has 1 aliphatic rings. The van der Waals surface area contributed by atoms with Crippen molar-refractivity contribution in [3.63, 3.8) is 0 Å². The summed E-state index contributed by atoms with van der Waals surface area (Å²) in [6.07, 6.45) is 2.19. The van der Waals surface area contributed by atoms with Crippen molar-refractivity contribution < 1.29 is 14.0 Å². The van der Waals surface area contributed by atoms with Crippen molar-refractivity contribution in [2.75, 3.05) is 11.9 Å². The van der Waals surface area contributed by atoms with Crippen LogP contribution in [-0.2, 0) is 4.79 Å². The highest BCUT2D eigenvalue weighted by atomic mass is 19.1. The van der Waals surface area contributed by atoms with Gasteiger partial charge in [-0.2, -0.15) is 5.10 Å². The van der Waals surface area contributed by atoms with Crippen molar-refractivity contribution in [3.05, 3.63) is 77.4 Å². The lowest BCUT2D eigenvalue weighted by molar-refractivity contribution is -0.121. The molecule has 4 rings (SSSR count). The number of likely N-dealkylation sites (tertiary alicyclic amines) is 1. The van der Waals surface area contributed by atoms with Gasteiger partial charge in [0, 0.05) is 17.9 Å². The molecule has 31 heavy (non-hydrogen) atoms. The second kappa shape index (κ2) is 8.71. The SMILES string of the molecule is Cc1cc(C)n(-c2ccc(NC(=O)[C@H]3CCCCN3C(=O)c3ccccc3F)cc2)n1. The largest absolute Gasteiger partial charge is 0.327 e. The monoisotopic (exact) mass is 420 g/mol. The molecule has 0 spiro atoms. The van der Waals surface area contributed by atoms with Crippen molar-refractivity contribution in [2.45, 2.75) is 39.2 Å². The Balaban J connectivity index is 1.49. The van der Waals surface area contributed by atoms with E-state index in [4.69, 9.17) is 0 Å². The molecule has 0 bridgehead atoms. The van der Waals surface area contributed by atoms with Crippen LogP contribution in [0.5, 0.6) is 0 Å². The fraction of sp³-hybridized carbons (Fsp3) is 0.292. The molecule has 2 heterocycles. The van der Waals surface area contributed by atoms with Crippen LogP contribution in [0.4, 0.5) is 10.1 Å². The summed E-state index contributed by atoms with van der Waals surface area (Å²) >= 11 is 0. The third-order valence-corrected chi connectivity index (χ3v) is 5.56. The summed E-state index contributed by atoms with van der Waals surface area (Å²) in [6.45, 7) is 4.36. The molecule has 1 aliphatic heterocycles. The third kappa shape index (κ3) is 4.35. The number of amides is 2. The molecule has 2 amide bonds. The lowest BCUT2D eigenvalue weighted by atomic mass is 9.99. The molecule has 2 aromatic carbocycles. The van der Waals surface area contributed by atoms with Crippen LogP contribution in [0, 0.1) is 19.7 Å². The van der Waals surface area contributed by atoms with E-state index in [-0.39, 0.29) is 11.5 Å². The zero-order chi connectivity index (χ0) is 22.0. The Labute approximate surface area is 180 Å². The number of carbonyl (C=O) groups is 2. The summed E-state index contributed by atoms with van der Waals surface area (Å²) in [4.78, 5) is 27.4. The van der Waals surface area contributed by atoms with Gasteiger partial charge in [-0.25, -0.2) is 9.07 Å². The maximum atomic E-state index is 14.1. The molecule has 0 saturated carbocycles. The molecular formula is C24H25FN4O2. The van der Waals surface area contributed by atoms with Crippen molar-refractivity contribution >= 4 is 17.5 Å². The molecule has 1 N–H and O–H groups in total. The molecule has 0 unspecified atom stereocenters. The molecule has 7 heteroatoms. The summed E-state index contributed by atoms with van der Waals surface area (Å²) in [5, 5.41) is 7.37. The van der Waals surface area contributed by atoms with Crippen LogP contribution in [-0.4, -0.2) is 39.1 Å². The number of anilines is 1. The van der Waals surface area contributed by atoms with Gasteiger partial charge in [0.05, 0.1) is 16.9 Å². The molecule has 0 aliphatic carbocycles. The molecule has 1 fully saturated rings. The van der Waals surface area contributed by atoms with Crippen LogP contribution in [0.25, 0.3) is 5.69 Å². The van der Waals surface area contributed by atoms with Gasteiger partial charge in [-0.1, -0.05) is 12.1 Å². The summed E-state index contributed by atoms with van der Waals surface area (Å²) in [5.74, 6) is -1.28. The van der Waals surface area contributed by atoms with Gasteiger partial charge < -0.3 is 10.2 Å². The van der Waals surface area contributed by atoms with E-state index in [0.29, 0.717) is 18.7 Å². The molecule has 3 aromatic rings. The first-order chi connectivity index (χ1) is 14.9. The number of aromatic nitrogens is 2. The van der Waals surface area contributed by atoms with E-state index < -0.39 is 17.8 Å². The van der Waals surface area contributed by atoms with Crippen LogP contribution in [0.1, 0.15) is 41.0 Å². The Hall–Kier alpha value is -3.48. The van der Waals surface area contributed by atoms with E-state index in [9.17, 15) is 14.0 Å². The summed E-state index contributed by atoms with van der Waals surface area (Å²) in [7, 11) is 0. The van der Waals surface area contributed by atoms with Crippen molar-refractivity contribution in [3.8, 4) is 5.69 Å². The molecule has 0 radical (unpaired) electrons. The first-order valence-electron chi connectivity index (χ1n) is 10.4. The van der Waals surface area contributed by atoms with Gasteiger partial charge in [-0.05, 0) is 75.6 Å². The Morgan fingerprint density at radius 1 is 1.06 bits per heavy atom. The smallest absolute Gasteiger partial charge is 0.257 e. The quantitative estimate of drug-likeness (QED) is 0.686. The Kier molecular flexibility index (Phi) is 5.84. The standard InChI is InChI=1S/C24H25FN4O2/c1-16-15-17(2)29(27-16)19-12-10-18(11-13-19)26-23(30)22-9-5-6-14-28(22)24(31)20-7-3-4-8-21(20)25/h3-4,7-8,10-13,15,22H,5-6,9,14H2,1-2H3,(H,26,30)/t22-/m1/s1. The highest BCUT2D eigenvalue weighted by Crippen LogP contribution is 2.23. The molecule has 160 valence electrons. The second-order valence-electron chi connectivity index (χ2n) is 7.87. The fourth-order valence-electron chi connectivity index (χ4n) is 4.04. The first kappa shape index (κ1) is 20.8. The van der Waals surface area contributed by atoms with E-state index in [2.05, 4.69) is 10.4 Å². The Morgan fingerprint density at radius 3 is 2.48 bits per heavy atom. The van der Waals surface area contributed by atoms with Gasteiger partial charge >= 0.3 is 0 Å². The van der Waals surface area contributed by atoms with Gasteiger partial charge in [-0.15, -0.1) is 0 Å². The Morgan fingerprint density at radius 2 is 1.81 bits per heavy atom. The number of aryl methyl sites for hydroxylation is 2. The number of nitrogens with one attached hydrogen (secondary N) is 1. The van der Waals surface area contributed by atoms with E-state index in [1.165, 1.54) is 17.0 Å². The number of nitrogens with zero attached hydrogens (tertiary/aromatic N) is 3. The van der Waals surface area contributed by atoms with Gasteiger partial charge in [-0.3, -0.25) is 9.59 Å². The number of halogens is 1. The second-order valence-corrected chi connectivity index (χ2v) is 7.87. The van der Waals surface area contributed by atoms with Gasteiger partial charge in [0.2, 0.25) is 5.91 Å². The molecule has 6 nitrogen and oxygen atoms in total. The predicted molar refractivity (Wildman–Crippen MR) is 117 cm³/mol. The number of hydrogen-bond acceptors (Lipinski definition) is 3. The normalized spacial score (nSPS) is 16.2. The van der Waals surface area contributed by atoms with E-state index >= 15 is 0 Å². The minimum atomic E-state index is -0.628. The van der Waals surface area contributed by atoms with Gasteiger partial charge in [0.1, 0.15) is 11.9 Å². The zero-order valence-corrected chi connectivity index (χ0v) is 17.6. The average molecular weight is 420 g/mol. The predicted octanol–water partition coefficient (Wildman–Crippen LogP) is 4.26. The number of piperidine rings is 1. The van der Waals surface area contributed by atoms with Gasteiger partial charge in [0.25, 0.3) is 5.91 Å². The maximum Gasteiger partial charge on any atom is 0.257 e. The Bertz CT molecular complexity index is 1110. The average Bonchev–Trinajstić information content (AvgIpc) is 3.12. The highest BCUT2D eigenvalue weighted by molar-refractivity contribution is 6.01. The van der Waals surface area contributed by atoms with E-state index in [0.717, 1.165) is 29.9 Å². The number of benzene rings is 2. The molecule has 1 saturated heterocycles. The topological polar surface area (TPSA) is 67.2 Å². The van der Waals surface area contributed by atoms with Gasteiger partial charge in [0.15, 0.2) is 0 Å². The minimum Gasteiger partial charge on any atom is -0.327 e. The van der Waals surface area contributed by atoms with Crippen molar-refractivity contribution in [2.24, 2.45) is 0 Å². The number of carbonyl (C=O) groups excluding carboxylic acids is 2. The highest BCUT2D eigenvalue weighted by Gasteiger charge is 2.33. The van der Waals surface area contributed by atoms with Crippen LogP contribution < -0.4 is 5.32 Å². The summed E-state index contributed by atoms with van der Waals surface area (Å²) in [5.41, 5.74) is 3.50. The number of rotatable bonds is 4. The zero-order valence-electron chi connectivity index (χ0n) is 17.6. The van der Waals surface area contributed by atoms with Crippen LogP contribution >= 0.6 is 0 Å². The fourth-order valence-corrected chi connectivity index (χ4v) is 4.04. The van der Waals surface area contributed by atoms with Crippen molar-refractivity contribution in [1.29, 1.82) is 0 Å². The first-order valence-corrected chi connectivity index (χ1v) is 10.4. The third-order valence-electron chi connectivity index (χ3n) is 5.56. The minimum absolute atomic E-state index is 0.00330. The van der Waals surface area contributed by atoms with Crippen LogP contribution in [0.3, 0.4) is 0 Å². The van der Waals surface area contributed by atoms with Crippen molar-refractivity contribution in [1.82, 2.24) is 14.7 Å². The van der Waals surface area contributed by atoms with E-state index in [1.54, 1.807) is 12.1 Å². The van der Waals surface area contributed by atoms with Crippen LogP contribution in [0.15, 0.2) is 54.6 Å². The summed E-state index contributed by atoms with van der Waals surface area (Å²) in [6, 6.07) is 14.7.